The molecule has 1 heterocycles. The van der Waals surface area contributed by atoms with E-state index < -0.39 is 0 Å². The SMILES string of the molecule is CCCNC(=O)C(C)Sc1cccc[n+]1[O-]. The predicted molar refractivity (Wildman–Crippen MR) is 64.0 cm³/mol. The highest BCUT2D eigenvalue weighted by Crippen LogP contribution is 2.19. The molecule has 1 rings (SSSR count). The molecule has 0 radical (unpaired) electrons. The van der Waals surface area contributed by atoms with Crippen LogP contribution in [0.1, 0.15) is 20.3 Å². The quantitative estimate of drug-likeness (QED) is 0.480. The fraction of sp³-hybridized carbons (Fsp3) is 0.455. The van der Waals surface area contributed by atoms with Crippen molar-refractivity contribution in [3.05, 3.63) is 29.6 Å². The van der Waals surface area contributed by atoms with Gasteiger partial charge in [0, 0.05) is 18.7 Å². The van der Waals surface area contributed by atoms with Gasteiger partial charge >= 0.3 is 0 Å². The van der Waals surface area contributed by atoms with Crippen molar-refractivity contribution in [3.63, 3.8) is 0 Å². The molecule has 5 heteroatoms. The van der Waals surface area contributed by atoms with Gasteiger partial charge < -0.3 is 10.5 Å². The van der Waals surface area contributed by atoms with Crippen LogP contribution < -0.4 is 10.0 Å². The zero-order valence-corrected chi connectivity index (χ0v) is 10.3. The zero-order chi connectivity index (χ0) is 12.0. The summed E-state index contributed by atoms with van der Waals surface area (Å²) in [6, 6.07) is 5.16. The number of hydrogen-bond donors (Lipinski definition) is 1. The van der Waals surface area contributed by atoms with E-state index in [0.29, 0.717) is 11.6 Å². The van der Waals surface area contributed by atoms with Gasteiger partial charge in [0.05, 0.1) is 5.25 Å². The second-order valence-corrected chi connectivity index (χ2v) is 4.78. The van der Waals surface area contributed by atoms with Gasteiger partial charge in [0.25, 0.3) is 5.03 Å². The second-order valence-electron chi connectivity index (χ2n) is 3.42. The lowest BCUT2D eigenvalue weighted by Gasteiger charge is -2.10. The van der Waals surface area contributed by atoms with Crippen molar-refractivity contribution in [1.82, 2.24) is 5.32 Å². The molecule has 0 aliphatic rings. The maximum atomic E-state index is 11.6. The molecular formula is C11H16N2O2S. The molecule has 1 atom stereocenters. The highest BCUT2D eigenvalue weighted by atomic mass is 32.2. The first-order valence-electron chi connectivity index (χ1n) is 5.27. The number of rotatable bonds is 5. The van der Waals surface area contributed by atoms with Gasteiger partial charge in [0.15, 0.2) is 6.20 Å². The molecule has 0 spiro atoms. The van der Waals surface area contributed by atoms with E-state index in [-0.39, 0.29) is 11.2 Å². The third kappa shape index (κ3) is 3.73. The topological polar surface area (TPSA) is 56.0 Å². The first kappa shape index (κ1) is 12.8. The lowest BCUT2D eigenvalue weighted by atomic mass is 10.4. The third-order valence-corrected chi connectivity index (χ3v) is 3.13. The average molecular weight is 240 g/mol. The van der Waals surface area contributed by atoms with Crippen LogP contribution in [0.5, 0.6) is 0 Å². The Morgan fingerprint density at radius 3 is 3.00 bits per heavy atom. The number of pyridine rings is 1. The maximum Gasteiger partial charge on any atom is 0.252 e. The van der Waals surface area contributed by atoms with Gasteiger partial charge in [-0.25, -0.2) is 0 Å². The predicted octanol–water partition coefficient (Wildman–Crippen LogP) is 1.33. The number of amides is 1. The summed E-state index contributed by atoms with van der Waals surface area (Å²) in [7, 11) is 0. The van der Waals surface area contributed by atoms with Crippen LogP contribution in [0.2, 0.25) is 0 Å². The first-order valence-corrected chi connectivity index (χ1v) is 6.15. The Morgan fingerprint density at radius 2 is 2.38 bits per heavy atom. The van der Waals surface area contributed by atoms with E-state index >= 15 is 0 Å². The molecule has 0 aromatic carbocycles. The van der Waals surface area contributed by atoms with Crippen LogP contribution in [0.4, 0.5) is 0 Å². The third-order valence-electron chi connectivity index (χ3n) is 2.00. The molecular weight excluding hydrogens is 224 g/mol. The molecule has 0 aliphatic heterocycles. The largest absolute Gasteiger partial charge is 0.618 e. The van der Waals surface area contributed by atoms with Crippen LogP contribution >= 0.6 is 11.8 Å². The summed E-state index contributed by atoms with van der Waals surface area (Å²) in [5, 5.41) is 14.4. The fourth-order valence-corrected chi connectivity index (χ4v) is 2.00. The van der Waals surface area contributed by atoms with Crippen LogP contribution in [-0.2, 0) is 4.79 Å². The molecule has 1 unspecified atom stereocenters. The van der Waals surface area contributed by atoms with E-state index in [4.69, 9.17) is 0 Å². The van der Waals surface area contributed by atoms with E-state index in [9.17, 15) is 10.0 Å². The molecule has 0 saturated heterocycles. The molecule has 0 fully saturated rings. The summed E-state index contributed by atoms with van der Waals surface area (Å²) in [6.45, 7) is 4.47. The number of carbonyl (C=O) groups excluding carboxylic acids is 1. The summed E-state index contributed by atoms with van der Waals surface area (Å²) in [6.07, 6.45) is 2.34. The summed E-state index contributed by atoms with van der Waals surface area (Å²) in [4.78, 5) is 11.6. The minimum Gasteiger partial charge on any atom is -0.618 e. The molecule has 1 aromatic rings. The molecule has 4 nitrogen and oxygen atoms in total. The molecule has 88 valence electrons. The van der Waals surface area contributed by atoms with Crippen LogP contribution in [0.3, 0.4) is 0 Å². The van der Waals surface area contributed by atoms with E-state index in [1.165, 1.54) is 18.0 Å². The molecule has 1 aromatic heterocycles. The standard InChI is InChI=1S/C11H16N2O2S/c1-3-7-12-11(14)9(2)16-10-6-4-5-8-13(10)15/h4-6,8-9H,3,7H2,1-2H3,(H,12,14). The number of hydrogen-bond acceptors (Lipinski definition) is 3. The molecule has 16 heavy (non-hydrogen) atoms. The van der Waals surface area contributed by atoms with Crippen LogP contribution in [-0.4, -0.2) is 17.7 Å². The fourth-order valence-electron chi connectivity index (χ4n) is 1.13. The zero-order valence-electron chi connectivity index (χ0n) is 9.47. The van der Waals surface area contributed by atoms with Crippen LogP contribution in [0, 0.1) is 5.21 Å². The molecule has 0 saturated carbocycles. The Balaban J connectivity index is 2.54. The van der Waals surface area contributed by atoms with Gasteiger partial charge in [0.1, 0.15) is 0 Å². The maximum absolute atomic E-state index is 11.6. The van der Waals surface area contributed by atoms with Gasteiger partial charge in [-0.3, -0.25) is 4.79 Å². The van der Waals surface area contributed by atoms with Crippen LogP contribution in [0.25, 0.3) is 0 Å². The first-order chi connectivity index (χ1) is 7.65. The van der Waals surface area contributed by atoms with Crippen molar-refractivity contribution in [1.29, 1.82) is 0 Å². The van der Waals surface area contributed by atoms with Crippen molar-refractivity contribution in [2.24, 2.45) is 0 Å². The minimum atomic E-state index is -0.255. The molecule has 0 aliphatic carbocycles. The Kier molecular flexibility index (Phi) is 5.11. The Bertz CT molecular complexity index is 358. The Morgan fingerprint density at radius 1 is 1.62 bits per heavy atom. The van der Waals surface area contributed by atoms with Gasteiger partial charge in [-0.1, -0.05) is 6.92 Å². The van der Waals surface area contributed by atoms with Crippen molar-refractivity contribution < 1.29 is 9.52 Å². The van der Waals surface area contributed by atoms with Crippen molar-refractivity contribution in [3.8, 4) is 0 Å². The Hall–Kier alpha value is -1.23. The van der Waals surface area contributed by atoms with E-state index in [1.807, 2.05) is 6.92 Å². The lowest BCUT2D eigenvalue weighted by molar-refractivity contribution is -0.645. The van der Waals surface area contributed by atoms with Crippen molar-refractivity contribution >= 4 is 17.7 Å². The average Bonchev–Trinajstić information content (AvgIpc) is 2.28. The van der Waals surface area contributed by atoms with E-state index in [0.717, 1.165) is 11.2 Å². The number of carbonyl (C=O) groups is 1. The van der Waals surface area contributed by atoms with Gasteiger partial charge in [-0.15, -0.1) is 0 Å². The number of thioether (sulfide) groups is 1. The summed E-state index contributed by atoms with van der Waals surface area (Å²) in [5.41, 5.74) is 0. The highest BCUT2D eigenvalue weighted by molar-refractivity contribution is 8.00. The number of nitrogens with zero attached hydrogens (tertiary/aromatic N) is 1. The van der Waals surface area contributed by atoms with Crippen molar-refractivity contribution in [2.75, 3.05) is 6.54 Å². The highest BCUT2D eigenvalue weighted by Gasteiger charge is 2.17. The second kappa shape index (κ2) is 6.37. The molecule has 1 N–H and O–H groups in total. The number of nitrogens with one attached hydrogen (secondary N) is 1. The van der Waals surface area contributed by atoms with Crippen molar-refractivity contribution in [2.45, 2.75) is 30.5 Å². The minimum absolute atomic E-state index is 0.0318. The molecule has 0 bridgehead atoms. The smallest absolute Gasteiger partial charge is 0.252 e. The van der Waals surface area contributed by atoms with Crippen LogP contribution in [0.15, 0.2) is 29.4 Å². The normalized spacial score (nSPS) is 12.1. The van der Waals surface area contributed by atoms with Gasteiger partial charge in [0.2, 0.25) is 5.91 Å². The van der Waals surface area contributed by atoms with Gasteiger partial charge in [-0.2, -0.15) is 4.73 Å². The molecule has 1 amide bonds. The summed E-state index contributed by atoms with van der Waals surface area (Å²) < 4.78 is 0.772. The van der Waals surface area contributed by atoms with E-state index in [1.54, 1.807) is 25.1 Å². The monoisotopic (exact) mass is 240 g/mol. The van der Waals surface area contributed by atoms with E-state index in [2.05, 4.69) is 5.32 Å². The summed E-state index contributed by atoms with van der Waals surface area (Å²) in [5.74, 6) is -0.0318. The number of aromatic nitrogens is 1. The van der Waals surface area contributed by atoms with Gasteiger partial charge in [-0.05, 0) is 31.2 Å². The summed E-state index contributed by atoms with van der Waals surface area (Å²) >= 11 is 1.27. The lowest BCUT2D eigenvalue weighted by Crippen LogP contribution is -2.34. The Labute approximate surface area is 99.6 Å².